The van der Waals surface area contributed by atoms with Crippen LogP contribution in [0, 0.1) is 5.92 Å². The highest BCUT2D eigenvalue weighted by Gasteiger charge is 2.24. The lowest BCUT2D eigenvalue weighted by Gasteiger charge is -2.25. The molecule has 0 amide bonds. The van der Waals surface area contributed by atoms with Crippen LogP contribution in [-0.2, 0) is 6.42 Å². The van der Waals surface area contributed by atoms with E-state index < -0.39 is 0 Å². The van der Waals surface area contributed by atoms with Crippen molar-refractivity contribution in [3.05, 3.63) is 59.5 Å². The van der Waals surface area contributed by atoms with Gasteiger partial charge in [-0.25, -0.2) is 0 Å². The van der Waals surface area contributed by atoms with Gasteiger partial charge in [0.1, 0.15) is 11.0 Å². The van der Waals surface area contributed by atoms with Gasteiger partial charge in [-0.3, -0.25) is 0 Å². The molecule has 7 aromatic rings. The third-order valence-corrected chi connectivity index (χ3v) is 17.4. The predicted molar refractivity (Wildman–Crippen MR) is 271 cm³/mol. The first-order valence-corrected chi connectivity index (χ1v) is 26.8. The average molecular weight is 883 g/mol. The summed E-state index contributed by atoms with van der Waals surface area (Å²) in [6, 6.07) is 21.4. The van der Waals surface area contributed by atoms with Gasteiger partial charge in [0, 0.05) is 72.7 Å². The normalized spacial score (nSPS) is 12.4. The SMILES string of the molecule is CCCCCCCCN(CCCCCCCC)c1ccc(-c2cc3sc(-c4ccc(-c5cc6sc(CC(CC)CCCC)cc6s5)c5nsnc45)c(N(C)C)c3s2)cc1. The number of hydrogen-bond acceptors (Lipinski definition) is 9. The highest BCUT2D eigenvalue weighted by atomic mass is 32.1. The van der Waals surface area contributed by atoms with Crippen LogP contribution in [0.3, 0.4) is 0 Å². The molecule has 0 aliphatic carbocycles. The van der Waals surface area contributed by atoms with Crippen LogP contribution in [0.1, 0.15) is 135 Å². The molecule has 0 saturated heterocycles. The third kappa shape index (κ3) is 10.8. The van der Waals surface area contributed by atoms with Gasteiger partial charge < -0.3 is 9.80 Å². The lowest BCUT2D eigenvalue weighted by molar-refractivity contribution is 0.452. The number of nitrogens with zero attached hydrogens (tertiary/aromatic N) is 4. The van der Waals surface area contributed by atoms with Crippen LogP contribution in [0.2, 0.25) is 0 Å². The minimum absolute atomic E-state index is 0.795. The molecule has 316 valence electrons. The Morgan fingerprint density at radius 2 is 1.19 bits per heavy atom. The maximum atomic E-state index is 4.94. The van der Waals surface area contributed by atoms with E-state index in [0.717, 1.165) is 30.0 Å². The molecule has 0 radical (unpaired) electrons. The van der Waals surface area contributed by atoms with Gasteiger partial charge in [0.05, 0.1) is 27.0 Å². The third-order valence-electron chi connectivity index (χ3n) is 12.1. The van der Waals surface area contributed by atoms with Crippen molar-refractivity contribution in [1.82, 2.24) is 8.75 Å². The number of unbranched alkanes of at least 4 members (excludes halogenated alkanes) is 11. The van der Waals surface area contributed by atoms with Gasteiger partial charge in [0.15, 0.2) is 0 Å². The molecule has 9 heteroatoms. The summed E-state index contributed by atoms with van der Waals surface area (Å²) in [5.41, 5.74) is 8.42. The Kier molecular flexibility index (Phi) is 16.4. The molecule has 1 unspecified atom stereocenters. The molecule has 0 N–H and O–H groups in total. The molecule has 0 bridgehead atoms. The van der Waals surface area contributed by atoms with E-state index >= 15 is 0 Å². The number of anilines is 2. The molecular formula is C50H66N4S5. The average Bonchev–Trinajstić information content (AvgIpc) is 4.08. The Hall–Kier alpha value is -2.82. The smallest absolute Gasteiger partial charge is 0.114 e. The van der Waals surface area contributed by atoms with Gasteiger partial charge in [-0.1, -0.05) is 142 Å². The number of benzene rings is 2. The van der Waals surface area contributed by atoms with Gasteiger partial charge in [-0.2, -0.15) is 8.75 Å². The zero-order valence-electron chi connectivity index (χ0n) is 36.5. The van der Waals surface area contributed by atoms with E-state index in [-0.39, 0.29) is 0 Å². The molecule has 0 fully saturated rings. The second kappa shape index (κ2) is 21.8. The summed E-state index contributed by atoms with van der Waals surface area (Å²) in [4.78, 5) is 10.4. The Morgan fingerprint density at radius 1 is 0.576 bits per heavy atom. The summed E-state index contributed by atoms with van der Waals surface area (Å²) in [5.74, 6) is 0.795. The summed E-state index contributed by atoms with van der Waals surface area (Å²) in [5, 5.41) is 0. The lowest BCUT2D eigenvalue weighted by atomic mass is 9.95. The van der Waals surface area contributed by atoms with Crippen LogP contribution >= 0.6 is 57.1 Å². The molecule has 0 saturated carbocycles. The molecular weight excluding hydrogens is 817 g/mol. The van der Waals surface area contributed by atoms with Crippen molar-refractivity contribution in [2.75, 3.05) is 37.0 Å². The molecule has 0 aliphatic heterocycles. The van der Waals surface area contributed by atoms with E-state index in [1.54, 1.807) is 0 Å². The fourth-order valence-corrected chi connectivity index (χ4v) is 14.5. The van der Waals surface area contributed by atoms with Crippen LogP contribution in [-0.4, -0.2) is 35.9 Å². The summed E-state index contributed by atoms with van der Waals surface area (Å²) in [7, 11) is 4.37. The topological polar surface area (TPSA) is 32.3 Å². The van der Waals surface area contributed by atoms with E-state index in [1.165, 1.54) is 187 Å². The van der Waals surface area contributed by atoms with E-state index in [9.17, 15) is 0 Å². The molecule has 5 aromatic heterocycles. The second-order valence-corrected chi connectivity index (χ2v) is 21.7. The van der Waals surface area contributed by atoms with Gasteiger partial charge >= 0.3 is 0 Å². The first-order chi connectivity index (χ1) is 28.9. The Morgan fingerprint density at radius 3 is 1.83 bits per heavy atom. The summed E-state index contributed by atoms with van der Waals surface area (Å²) >= 11 is 9.07. The zero-order valence-corrected chi connectivity index (χ0v) is 40.6. The molecule has 0 spiro atoms. The lowest BCUT2D eigenvalue weighted by Crippen LogP contribution is -2.25. The van der Waals surface area contributed by atoms with Crippen LogP contribution in [0.5, 0.6) is 0 Å². The summed E-state index contributed by atoms with van der Waals surface area (Å²) in [6.45, 7) is 11.6. The van der Waals surface area contributed by atoms with Crippen molar-refractivity contribution in [3.8, 4) is 31.3 Å². The first-order valence-electron chi connectivity index (χ1n) is 22.8. The number of aromatic nitrogens is 2. The van der Waals surface area contributed by atoms with E-state index in [0.29, 0.717) is 0 Å². The molecule has 4 nitrogen and oxygen atoms in total. The largest absolute Gasteiger partial charge is 0.375 e. The van der Waals surface area contributed by atoms with Crippen molar-refractivity contribution in [2.24, 2.45) is 5.92 Å². The van der Waals surface area contributed by atoms with Gasteiger partial charge in [0.2, 0.25) is 0 Å². The second-order valence-electron chi connectivity index (χ2n) is 16.8. The van der Waals surface area contributed by atoms with Crippen molar-refractivity contribution in [3.63, 3.8) is 0 Å². The highest BCUT2D eigenvalue weighted by molar-refractivity contribution is 7.32. The fraction of sp³-hybridized carbons (Fsp3) is 0.520. The van der Waals surface area contributed by atoms with E-state index in [1.807, 2.05) is 45.3 Å². The molecule has 2 aromatic carbocycles. The number of thiophene rings is 4. The van der Waals surface area contributed by atoms with E-state index in [2.05, 4.69) is 106 Å². The van der Waals surface area contributed by atoms with E-state index in [4.69, 9.17) is 8.75 Å². The standard InChI is InChI=1S/C50H66N4S5/c1-7-11-14-16-18-20-29-54(30-21-19-17-15-12-8-2)37-25-23-36(24-26-37)41-33-45-50(57-41)48(53(5)6)49(58-45)40-28-27-39(46-47(40)52-59-51-46)42-34-44-43(56-42)32-38(55-44)31-35(10-4)22-13-9-3/h23-28,32-35H,7-22,29-31H2,1-6H3. The fourth-order valence-electron chi connectivity index (χ4n) is 8.58. The van der Waals surface area contributed by atoms with Crippen molar-refractivity contribution in [2.45, 2.75) is 137 Å². The Balaban J connectivity index is 1.09. The maximum absolute atomic E-state index is 4.94. The minimum Gasteiger partial charge on any atom is -0.375 e. The quantitative estimate of drug-likeness (QED) is 0.0536. The summed E-state index contributed by atoms with van der Waals surface area (Å²) in [6.07, 6.45) is 22.6. The van der Waals surface area contributed by atoms with Crippen molar-refractivity contribution in [1.29, 1.82) is 0 Å². The van der Waals surface area contributed by atoms with Crippen LogP contribution < -0.4 is 9.80 Å². The van der Waals surface area contributed by atoms with Gasteiger partial charge in [-0.15, -0.1) is 45.3 Å². The highest BCUT2D eigenvalue weighted by Crippen LogP contribution is 2.52. The first kappa shape index (κ1) is 44.2. The molecule has 7 rings (SSSR count). The Labute approximate surface area is 375 Å². The Bertz CT molecular complexity index is 2290. The number of hydrogen-bond donors (Lipinski definition) is 0. The molecule has 1 atom stereocenters. The van der Waals surface area contributed by atoms with Gasteiger partial charge in [-0.05, 0) is 61.1 Å². The summed E-state index contributed by atoms with van der Waals surface area (Å²) < 4.78 is 15.4. The molecule has 0 aliphatic rings. The monoisotopic (exact) mass is 882 g/mol. The van der Waals surface area contributed by atoms with Crippen molar-refractivity contribution >= 4 is 98.3 Å². The van der Waals surface area contributed by atoms with Gasteiger partial charge in [0.25, 0.3) is 0 Å². The predicted octanol–water partition coefficient (Wildman–Crippen LogP) is 17.6. The van der Waals surface area contributed by atoms with Crippen LogP contribution in [0.15, 0.2) is 54.6 Å². The van der Waals surface area contributed by atoms with Crippen LogP contribution in [0.4, 0.5) is 11.4 Å². The number of rotatable bonds is 25. The minimum atomic E-state index is 0.795. The van der Waals surface area contributed by atoms with Crippen LogP contribution in [0.25, 0.3) is 61.2 Å². The molecule has 5 heterocycles. The maximum Gasteiger partial charge on any atom is 0.114 e. The number of fused-ring (bicyclic) bond motifs is 3. The zero-order chi connectivity index (χ0) is 41.1. The van der Waals surface area contributed by atoms with Crippen molar-refractivity contribution < 1.29 is 0 Å². The molecule has 59 heavy (non-hydrogen) atoms.